The summed E-state index contributed by atoms with van der Waals surface area (Å²) in [5, 5.41) is 0. The quantitative estimate of drug-likeness (QED) is 0.219. The van der Waals surface area contributed by atoms with Crippen LogP contribution in [0.5, 0.6) is 0 Å². The maximum absolute atomic E-state index is 13.3. The molecule has 1 aliphatic carbocycles. The standard InChI is InChI=1S/C31H34FNO5S/c1-37-31(34)11-7-3-6-10-28-29(33-39(35,36)27-18-16-26(32)17-19-27)20-21-30(28)38-22-23-12-14-25(15-13-23)24-8-4-2-5-9-24/h2-6,8-9,12-19,28-30,33H,7,10-11,20-22H2,1H3/t28-,29+,30+/m1/s1. The van der Waals surface area contributed by atoms with Crippen LogP contribution in [0.4, 0.5) is 4.39 Å². The number of methoxy groups -OCH3 is 1. The highest BCUT2D eigenvalue weighted by Gasteiger charge is 2.38. The summed E-state index contributed by atoms with van der Waals surface area (Å²) in [6, 6.07) is 22.9. The highest BCUT2D eigenvalue weighted by Crippen LogP contribution is 2.34. The molecule has 6 nitrogen and oxygen atoms in total. The van der Waals surface area contributed by atoms with Crippen molar-refractivity contribution in [2.45, 2.75) is 55.8 Å². The van der Waals surface area contributed by atoms with Crippen LogP contribution in [-0.2, 0) is 30.9 Å². The van der Waals surface area contributed by atoms with E-state index in [4.69, 9.17) is 4.74 Å². The molecule has 3 aromatic carbocycles. The third-order valence-electron chi connectivity index (χ3n) is 7.03. The largest absolute Gasteiger partial charge is 0.469 e. The van der Waals surface area contributed by atoms with E-state index in [0.717, 1.165) is 28.8 Å². The first-order valence-electron chi connectivity index (χ1n) is 13.1. The summed E-state index contributed by atoms with van der Waals surface area (Å²) in [6.07, 6.45) is 6.50. The number of sulfonamides is 1. The van der Waals surface area contributed by atoms with Crippen LogP contribution in [0.2, 0.25) is 0 Å². The van der Waals surface area contributed by atoms with E-state index in [9.17, 15) is 17.6 Å². The van der Waals surface area contributed by atoms with E-state index >= 15 is 0 Å². The summed E-state index contributed by atoms with van der Waals surface area (Å²) >= 11 is 0. The van der Waals surface area contributed by atoms with E-state index in [2.05, 4.69) is 33.7 Å². The minimum Gasteiger partial charge on any atom is -0.469 e. The van der Waals surface area contributed by atoms with Gasteiger partial charge in [0.15, 0.2) is 0 Å². The maximum Gasteiger partial charge on any atom is 0.305 e. The molecule has 0 heterocycles. The van der Waals surface area contributed by atoms with Gasteiger partial charge in [-0.1, -0.05) is 66.7 Å². The van der Waals surface area contributed by atoms with Gasteiger partial charge in [0.25, 0.3) is 0 Å². The lowest BCUT2D eigenvalue weighted by atomic mass is 9.97. The second-order valence-corrected chi connectivity index (χ2v) is 11.4. The Morgan fingerprint density at radius 3 is 2.33 bits per heavy atom. The first-order chi connectivity index (χ1) is 18.9. The molecule has 1 aliphatic rings. The van der Waals surface area contributed by atoms with Crippen molar-refractivity contribution in [2.75, 3.05) is 7.11 Å². The number of carbonyl (C=O) groups is 1. The van der Waals surface area contributed by atoms with E-state index in [-0.39, 0.29) is 35.3 Å². The van der Waals surface area contributed by atoms with Gasteiger partial charge in [-0.2, -0.15) is 0 Å². The summed E-state index contributed by atoms with van der Waals surface area (Å²) < 4.78 is 53.2. The van der Waals surface area contributed by atoms with Crippen LogP contribution in [-0.4, -0.2) is 33.6 Å². The zero-order chi connectivity index (χ0) is 27.7. The number of carbonyl (C=O) groups excluding carboxylic acids is 1. The molecule has 8 heteroatoms. The number of ether oxygens (including phenoxy) is 2. The van der Waals surface area contributed by atoms with Gasteiger partial charge in [-0.3, -0.25) is 4.79 Å². The lowest BCUT2D eigenvalue weighted by Gasteiger charge is -2.25. The smallest absolute Gasteiger partial charge is 0.305 e. The van der Waals surface area contributed by atoms with E-state index in [1.54, 1.807) is 0 Å². The normalized spacial score (nSPS) is 19.4. The highest BCUT2D eigenvalue weighted by molar-refractivity contribution is 7.89. The lowest BCUT2D eigenvalue weighted by Crippen LogP contribution is -2.39. The second kappa shape index (κ2) is 13.6. The molecule has 3 atom stereocenters. The molecule has 0 spiro atoms. The molecule has 0 aromatic heterocycles. The molecule has 0 bridgehead atoms. The van der Waals surface area contributed by atoms with Gasteiger partial charge in [0.2, 0.25) is 10.0 Å². The number of allylic oxidation sites excluding steroid dienone is 2. The Labute approximate surface area is 229 Å². The van der Waals surface area contributed by atoms with Crippen molar-refractivity contribution in [1.29, 1.82) is 0 Å². The Hall–Kier alpha value is -3.33. The number of rotatable bonds is 12. The number of nitrogens with one attached hydrogen (secondary N) is 1. The zero-order valence-electron chi connectivity index (χ0n) is 22.0. The summed E-state index contributed by atoms with van der Waals surface area (Å²) in [6.45, 7) is 0.416. The van der Waals surface area contributed by atoms with Gasteiger partial charge >= 0.3 is 5.97 Å². The molecule has 0 saturated heterocycles. The van der Waals surface area contributed by atoms with Crippen molar-refractivity contribution in [1.82, 2.24) is 4.72 Å². The van der Waals surface area contributed by atoms with Crippen molar-refractivity contribution >= 4 is 16.0 Å². The van der Waals surface area contributed by atoms with Crippen molar-refractivity contribution in [3.8, 4) is 11.1 Å². The molecule has 3 aromatic rings. The van der Waals surface area contributed by atoms with Crippen LogP contribution in [0.15, 0.2) is 95.9 Å². The first-order valence-corrected chi connectivity index (χ1v) is 14.6. The summed E-state index contributed by atoms with van der Waals surface area (Å²) in [4.78, 5) is 11.4. The van der Waals surface area contributed by atoms with E-state index in [1.165, 1.54) is 19.2 Å². The van der Waals surface area contributed by atoms with E-state index in [1.807, 2.05) is 42.5 Å². The van der Waals surface area contributed by atoms with Gasteiger partial charge < -0.3 is 9.47 Å². The molecule has 1 fully saturated rings. The Kier molecular flexibility index (Phi) is 10.0. The van der Waals surface area contributed by atoms with E-state index < -0.39 is 15.8 Å². The first kappa shape index (κ1) is 28.7. The SMILES string of the molecule is COC(=O)CCC=CC[C@@H]1[C@@H](NS(=O)(=O)c2ccc(F)cc2)CC[C@@H]1OCc1ccc(-c2ccccc2)cc1. The Morgan fingerprint density at radius 2 is 1.64 bits per heavy atom. The van der Waals surface area contributed by atoms with Crippen molar-refractivity contribution in [3.05, 3.63) is 102 Å². The molecule has 0 unspecified atom stereocenters. The fourth-order valence-corrected chi connectivity index (χ4v) is 6.20. The Bertz CT molecular complexity index is 1340. The van der Waals surface area contributed by atoms with Crippen LogP contribution >= 0.6 is 0 Å². The molecule has 39 heavy (non-hydrogen) atoms. The predicted molar refractivity (Wildman–Crippen MR) is 149 cm³/mol. The number of hydrogen-bond acceptors (Lipinski definition) is 5. The monoisotopic (exact) mass is 551 g/mol. The van der Waals surface area contributed by atoms with Crippen LogP contribution in [0.3, 0.4) is 0 Å². The fourth-order valence-electron chi connectivity index (χ4n) is 4.88. The van der Waals surface area contributed by atoms with Crippen LogP contribution in [0.1, 0.15) is 37.7 Å². The van der Waals surface area contributed by atoms with E-state index in [0.29, 0.717) is 32.3 Å². The van der Waals surface area contributed by atoms with Gasteiger partial charge in [0.05, 0.1) is 24.7 Å². The number of halogens is 1. The third-order valence-corrected chi connectivity index (χ3v) is 8.54. The van der Waals surface area contributed by atoms with Gasteiger partial charge in [-0.05, 0) is 66.6 Å². The summed E-state index contributed by atoms with van der Waals surface area (Å²) in [5.41, 5.74) is 3.32. The maximum atomic E-state index is 13.3. The molecule has 206 valence electrons. The highest BCUT2D eigenvalue weighted by atomic mass is 32.2. The molecule has 1 N–H and O–H groups in total. The topological polar surface area (TPSA) is 81.7 Å². The molecule has 0 amide bonds. The molecule has 4 rings (SSSR count). The minimum atomic E-state index is -3.82. The average molecular weight is 552 g/mol. The summed E-state index contributed by atoms with van der Waals surface area (Å²) in [7, 11) is -2.46. The zero-order valence-corrected chi connectivity index (χ0v) is 22.8. The Balaban J connectivity index is 1.42. The minimum absolute atomic E-state index is 0.0270. The molecule has 0 radical (unpaired) electrons. The summed E-state index contributed by atoms with van der Waals surface area (Å²) in [5.74, 6) is -0.863. The molecular weight excluding hydrogens is 517 g/mol. The third kappa shape index (κ3) is 8.08. The van der Waals surface area contributed by atoms with Crippen LogP contribution in [0, 0.1) is 11.7 Å². The van der Waals surface area contributed by atoms with Gasteiger partial charge in [-0.25, -0.2) is 17.5 Å². The van der Waals surface area contributed by atoms with Crippen molar-refractivity contribution < 1.29 is 27.1 Å². The molecule has 1 saturated carbocycles. The number of benzene rings is 3. The Morgan fingerprint density at radius 1 is 0.949 bits per heavy atom. The average Bonchev–Trinajstić information content (AvgIpc) is 3.32. The van der Waals surface area contributed by atoms with Crippen molar-refractivity contribution in [2.24, 2.45) is 5.92 Å². The lowest BCUT2D eigenvalue weighted by molar-refractivity contribution is -0.140. The van der Waals surface area contributed by atoms with Crippen molar-refractivity contribution in [3.63, 3.8) is 0 Å². The number of esters is 1. The van der Waals surface area contributed by atoms with Crippen LogP contribution < -0.4 is 4.72 Å². The predicted octanol–water partition coefficient (Wildman–Crippen LogP) is 6.03. The van der Waals surface area contributed by atoms with Crippen LogP contribution in [0.25, 0.3) is 11.1 Å². The van der Waals surface area contributed by atoms with Gasteiger partial charge in [0.1, 0.15) is 5.82 Å². The fraction of sp³-hybridized carbons (Fsp3) is 0.323. The van der Waals surface area contributed by atoms with Gasteiger partial charge in [-0.15, -0.1) is 0 Å². The number of hydrogen-bond donors (Lipinski definition) is 1. The molecular formula is C31H34FNO5S. The second-order valence-electron chi connectivity index (χ2n) is 9.66. The van der Waals surface area contributed by atoms with Gasteiger partial charge in [0, 0.05) is 18.4 Å². The molecule has 0 aliphatic heterocycles.